The molecular formula is C24H22FNO2. The van der Waals surface area contributed by atoms with Crippen LogP contribution in [0.25, 0.3) is 11.1 Å². The van der Waals surface area contributed by atoms with Gasteiger partial charge in [0.2, 0.25) is 0 Å². The van der Waals surface area contributed by atoms with E-state index in [1.807, 2.05) is 30.3 Å². The topological polar surface area (TPSA) is 38.3 Å². The second kappa shape index (κ2) is 8.36. The van der Waals surface area contributed by atoms with Crippen molar-refractivity contribution in [3.8, 4) is 11.1 Å². The van der Waals surface area contributed by atoms with Gasteiger partial charge in [-0.2, -0.15) is 0 Å². The van der Waals surface area contributed by atoms with Gasteiger partial charge in [-0.05, 0) is 53.9 Å². The molecule has 4 rings (SSSR count). The van der Waals surface area contributed by atoms with Crippen LogP contribution in [0.4, 0.5) is 4.39 Å². The van der Waals surface area contributed by atoms with E-state index in [0.717, 1.165) is 24.1 Å². The second-order valence-electron chi connectivity index (χ2n) is 7.04. The van der Waals surface area contributed by atoms with Crippen LogP contribution in [0.15, 0.2) is 78.9 Å². The normalized spacial score (nSPS) is 19.2. The number of hydrogen-bond acceptors (Lipinski definition) is 3. The van der Waals surface area contributed by atoms with Gasteiger partial charge in [0, 0.05) is 12.5 Å². The van der Waals surface area contributed by atoms with Crippen LogP contribution >= 0.6 is 0 Å². The Morgan fingerprint density at radius 2 is 1.54 bits per heavy atom. The average Bonchev–Trinajstić information content (AvgIpc) is 2.75. The van der Waals surface area contributed by atoms with Crippen LogP contribution in [0.2, 0.25) is 0 Å². The molecule has 3 aromatic carbocycles. The number of esters is 1. The highest BCUT2D eigenvalue weighted by molar-refractivity contribution is 5.90. The van der Waals surface area contributed by atoms with E-state index in [1.54, 1.807) is 24.3 Å². The predicted octanol–water partition coefficient (Wildman–Crippen LogP) is 4.80. The van der Waals surface area contributed by atoms with E-state index in [9.17, 15) is 9.18 Å². The minimum Gasteiger partial charge on any atom is -0.457 e. The first-order chi connectivity index (χ1) is 13.7. The van der Waals surface area contributed by atoms with Crippen LogP contribution in [0.1, 0.15) is 28.3 Å². The van der Waals surface area contributed by atoms with Gasteiger partial charge in [-0.25, -0.2) is 9.18 Å². The fourth-order valence-electron chi connectivity index (χ4n) is 3.68. The van der Waals surface area contributed by atoms with E-state index < -0.39 is 0 Å². The molecule has 2 atom stereocenters. The molecule has 0 bridgehead atoms. The molecule has 1 saturated heterocycles. The minimum atomic E-state index is -0.319. The number of rotatable bonds is 4. The highest BCUT2D eigenvalue weighted by Crippen LogP contribution is 2.28. The third-order valence-electron chi connectivity index (χ3n) is 5.21. The molecule has 0 saturated carbocycles. The first-order valence-electron chi connectivity index (χ1n) is 9.53. The smallest absolute Gasteiger partial charge is 0.338 e. The summed E-state index contributed by atoms with van der Waals surface area (Å²) in [6.07, 6.45) is 0.742. The number of halogens is 1. The summed E-state index contributed by atoms with van der Waals surface area (Å²) >= 11 is 0. The van der Waals surface area contributed by atoms with Crippen LogP contribution in [0.5, 0.6) is 0 Å². The summed E-state index contributed by atoms with van der Waals surface area (Å²) in [6.45, 7) is 1.57. The van der Waals surface area contributed by atoms with Crippen molar-refractivity contribution in [2.75, 3.05) is 13.1 Å². The van der Waals surface area contributed by atoms with E-state index in [0.29, 0.717) is 12.1 Å². The van der Waals surface area contributed by atoms with Crippen molar-refractivity contribution >= 4 is 5.97 Å². The quantitative estimate of drug-likeness (QED) is 0.666. The van der Waals surface area contributed by atoms with E-state index in [4.69, 9.17) is 4.74 Å². The molecule has 3 aromatic rings. The lowest BCUT2D eigenvalue weighted by Crippen LogP contribution is -2.42. The Morgan fingerprint density at radius 1 is 0.893 bits per heavy atom. The number of benzene rings is 3. The Kier molecular flexibility index (Phi) is 5.49. The lowest BCUT2D eigenvalue weighted by atomic mass is 9.88. The molecule has 1 aliphatic heterocycles. The standard InChI is InChI=1S/C24H22FNO2/c25-21-12-10-18(11-13-21)17-6-8-20(9-7-17)24(27)28-23-16-26-15-14-22(23)19-4-2-1-3-5-19/h1-13,22-23,26H,14-16H2/t22-,23+/m0/s1. The number of carbonyl (C=O) groups excluding carboxylic acids is 1. The molecule has 1 N–H and O–H groups in total. The number of carbonyl (C=O) groups is 1. The highest BCUT2D eigenvalue weighted by Gasteiger charge is 2.29. The third kappa shape index (κ3) is 4.12. The van der Waals surface area contributed by atoms with Crippen molar-refractivity contribution in [3.63, 3.8) is 0 Å². The lowest BCUT2D eigenvalue weighted by Gasteiger charge is -2.32. The SMILES string of the molecule is O=C(O[C@@H]1CNCC[C@H]1c1ccccc1)c1ccc(-c2ccc(F)cc2)cc1. The average molecular weight is 375 g/mol. The molecule has 1 heterocycles. The maximum Gasteiger partial charge on any atom is 0.338 e. The Morgan fingerprint density at radius 3 is 2.21 bits per heavy atom. The lowest BCUT2D eigenvalue weighted by molar-refractivity contribution is 0.0182. The predicted molar refractivity (Wildman–Crippen MR) is 108 cm³/mol. The molecule has 0 radical (unpaired) electrons. The zero-order valence-electron chi connectivity index (χ0n) is 15.5. The van der Waals surface area contributed by atoms with Gasteiger partial charge in [-0.15, -0.1) is 0 Å². The first kappa shape index (κ1) is 18.4. The van der Waals surface area contributed by atoms with Gasteiger partial charge in [-0.1, -0.05) is 54.6 Å². The Labute approximate surface area is 164 Å². The van der Waals surface area contributed by atoms with Gasteiger partial charge in [0.15, 0.2) is 0 Å². The molecule has 0 unspecified atom stereocenters. The molecule has 28 heavy (non-hydrogen) atoms. The summed E-state index contributed by atoms with van der Waals surface area (Å²) in [5.74, 6) is -0.386. The summed E-state index contributed by atoms with van der Waals surface area (Å²) < 4.78 is 18.9. The van der Waals surface area contributed by atoms with Crippen LogP contribution in [-0.2, 0) is 4.74 Å². The Balaban J connectivity index is 1.47. The molecule has 3 nitrogen and oxygen atoms in total. The first-order valence-corrected chi connectivity index (χ1v) is 9.53. The maximum absolute atomic E-state index is 13.1. The maximum atomic E-state index is 13.1. The van der Waals surface area contributed by atoms with Crippen LogP contribution in [-0.4, -0.2) is 25.2 Å². The van der Waals surface area contributed by atoms with Crippen LogP contribution in [0.3, 0.4) is 0 Å². The summed E-state index contributed by atoms with van der Waals surface area (Å²) in [6, 6.07) is 23.8. The zero-order valence-corrected chi connectivity index (χ0v) is 15.5. The van der Waals surface area contributed by atoms with Gasteiger partial charge in [0.1, 0.15) is 11.9 Å². The van der Waals surface area contributed by atoms with Crippen molar-refractivity contribution in [2.45, 2.75) is 18.4 Å². The number of ether oxygens (including phenoxy) is 1. The number of hydrogen-bond donors (Lipinski definition) is 1. The van der Waals surface area contributed by atoms with Crippen molar-refractivity contribution in [1.82, 2.24) is 5.32 Å². The number of nitrogens with one attached hydrogen (secondary N) is 1. The van der Waals surface area contributed by atoms with Crippen molar-refractivity contribution in [2.24, 2.45) is 0 Å². The van der Waals surface area contributed by atoms with Gasteiger partial charge >= 0.3 is 5.97 Å². The fourth-order valence-corrected chi connectivity index (χ4v) is 3.68. The van der Waals surface area contributed by atoms with E-state index in [-0.39, 0.29) is 23.8 Å². The largest absolute Gasteiger partial charge is 0.457 e. The zero-order chi connectivity index (χ0) is 19.3. The molecule has 4 heteroatoms. The summed E-state index contributed by atoms with van der Waals surface area (Å²) in [7, 11) is 0. The second-order valence-corrected chi connectivity index (χ2v) is 7.04. The van der Waals surface area contributed by atoms with Crippen molar-refractivity contribution in [1.29, 1.82) is 0 Å². The van der Waals surface area contributed by atoms with Gasteiger partial charge in [0.25, 0.3) is 0 Å². The Bertz CT molecular complexity index is 923. The molecule has 0 amide bonds. The monoisotopic (exact) mass is 375 g/mol. The van der Waals surface area contributed by atoms with E-state index >= 15 is 0 Å². The Hall–Kier alpha value is -2.98. The highest BCUT2D eigenvalue weighted by atomic mass is 19.1. The molecule has 0 spiro atoms. The van der Waals surface area contributed by atoms with E-state index in [1.165, 1.54) is 17.7 Å². The molecule has 1 aliphatic rings. The molecular weight excluding hydrogens is 353 g/mol. The molecule has 1 fully saturated rings. The van der Waals surface area contributed by atoms with E-state index in [2.05, 4.69) is 17.4 Å². The minimum absolute atomic E-state index is 0.194. The van der Waals surface area contributed by atoms with Crippen molar-refractivity contribution < 1.29 is 13.9 Å². The van der Waals surface area contributed by atoms with Gasteiger partial charge in [0.05, 0.1) is 5.56 Å². The summed E-state index contributed by atoms with van der Waals surface area (Å²) in [5, 5.41) is 3.32. The molecule has 0 aliphatic carbocycles. The third-order valence-corrected chi connectivity index (χ3v) is 5.21. The molecule has 0 aromatic heterocycles. The summed E-state index contributed by atoms with van der Waals surface area (Å²) in [4.78, 5) is 12.7. The summed E-state index contributed by atoms with van der Waals surface area (Å²) in [5.41, 5.74) is 3.55. The fraction of sp³-hybridized carbons (Fsp3) is 0.208. The van der Waals surface area contributed by atoms with Gasteiger partial charge < -0.3 is 10.1 Å². The van der Waals surface area contributed by atoms with Crippen LogP contribution < -0.4 is 5.32 Å². The molecule has 142 valence electrons. The van der Waals surface area contributed by atoms with Crippen molar-refractivity contribution in [3.05, 3.63) is 95.8 Å². The van der Waals surface area contributed by atoms with Gasteiger partial charge in [-0.3, -0.25) is 0 Å². The number of piperidine rings is 1. The van der Waals surface area contributed by atoms with Crippen LogP contribution in [0, 0.1) is 5.82 Å².